The standard InChI is InChI=1S/C49H27N5/c1-51-46-42(30-15-4-2-5-16-30)38(29-50)47(53-39-24-12-10-21-34(39)35-22-11-13-25-40(35)53)43(31-17-6-3-7-18-31)48(46)54-41-26-14-23-36-32-19-8-9-20-33(32)37-27-28-52-49(54)45(37)44(36)41/h2-28H. The summed E-state index contributed by atoms with van der Waals surface area (Å²) in [5.74, 6) is 0. The molecule has 0 N–H and O–H groups in total. The van der Waals surface area contributed by atoms with Crippen LogP contribution in [0.15, 0.2) is 164 Å². The van der Waals surface area contributed by atoms with Crippen molar-refractivity contribution in [3.05, 3.63) is 181 Å². The van der Waals surface area contributed by atoms with Gasteiger partial charge in [-0.25, -0.2) is 9.83 Å². The van der Waals surface area contributed by atoms with Gasteiger partial charge in [-0.15, -0.1) is 0 Å². The molecular formula is C49H27N5. The van der Waals surface area contributed by atoms with E-state index in [9.17, 15) is 5.26 Å². The number of fused-ring (bicyclic) bond motifs is 6. The third kappa shape index (κ3) is 3.93. The molecule has 54 heavy (non-hydrogen) atoms. The van der Waals surface area contributed by atoms with Gasteiger partial charge in [0.15, 0.2) is 0 Å². The van der Waals surface area contributed by atoms with Crippen LogP contribution in [0, 0.1) is 17.9 Å². The number of hydrogen-bond acceptors (Lipinski definition) is 2. The molecule has 0 unspecified atom stereocenters. The highest BCUT2D eigenvalue weighted by molar-refractivity contribution is 6.34. The maximum absolute atomic E-state index is 11.5. The van der Waals surface area contributed by atoms with Crippen molar-refractivity contribution in [2.24, 2.45) is 0 Å². The second kappa shape index (κ2) is 11.4. The van der Waals surface area contributed by atoms with Crippen molar-refractivity contribution in [3.63, 3.8) is 0 Å². The lowest BCUT2D eigenvalue weighted by Gasteiger charge is -2.25. The molecule has 0 bridgehead atoms. The van der Waals surface area contributed by atoms with Crippen molar-refractivity contribution >= 4 is 71.0 Å². The van der Waals surface area contributed by atoms with E-state index in [1.54, 1.807) is 0 Å². The second-order valence-corrected chi connectivity index (χ2v) is 13.6. The molecule has 0 saturated heterocycles. The minimum atomic E-state index is 0.397. The highest BCUT2D eigenvalue weighted by Crippen LogP contribution is 2.53. The Balaban J connectivity index is 1.46. The molecule has 0 spiro atoms. The molecule has 11 rings (SSSR count). The summed E-state index contributed by atoms with van der Waals surface area (Å²) < 4.78 is 4.44. The van der Waals surface area contributed by atoms with Crippen LogP contribution < -0.4 is 0 Å². The zero-order valence-electron chi connectivity index (χ0n) is 28.8. The van der Waals surface area contributed by atoms with E-state index in [1.165, 1.54) is 5.39 Å². The van der Waals surface area contributed by atoms with Crippen LogP contribution in [0.3, 0.4) is 0 Å². The summed E-state index contributed by atoms with van der Waals surface area (Å²) in [4.78, 5) is 9.54. The maximum atomic E-state index is 11.5. The van der Waals surface area contributed by atoms with Crippen LogP contribution in [0.25, 0.3) is 104 Å². The predicted molar refractivity (Wildman–Crippen MR) is 221 cm³/mol. The molecule has 0 radical (unpaired) electrons. The van der Waals surface area contributed by atoms with Crippen molar-refractivity contribution in [2.45, 2.75) is 0 Å². The lowest BCUT2D eigenvalue weighted by molar-refractivity contribution is 1.12. The Morgan fingerprint density at radius 2 is 1.00 bits per heavy atom. The van der Waals surface area contributed by atoms with Gasteiger partial charge in [-0.1, -0.05) is 133 Å². The largest absolute Gasteiger partial charge is 0.307 e. The fourth-order valence-corrected chi connectivity index (χ4v) is 8.90. The Labute approximate surface area is 310 Å². The van der Waals surface area contributed by atoms with E-state index >= 15 is 0 Å². The highest BCUT2D eigenvalue weighted by Gasteiger charge is 2.32. The van der Waals surface area contributed by atoms with Crippen molar-refractivity contribution in [2.75, 3.05) is 0 Å². The first kappa shape index (κ1) is 29.9. The minimum Gasteiger partial charge on any atom is -0.307 e. The molecule has 3 heterocycles. The van der Waals surface area contributed by atoms with Gasteiger partial charge in [0.25, 0.3) is 0 Å². The first-order valence-corrected chi connectivity index (χ1v) is 17.9. The molecule has 0 atom stereocenters. The summed E-state index contributed by atoms with van der Waals surface area (Å²) in [5, 5.41) is 20.4. The van der Waals surface area contributed by atoms with Gasteiger partial charge in [-0.3, -0.25) is 0 Å². The van der Waals surface area contributed by atoms with Crippen LogP contribution in [0.5, 0.6) is 0 Å². The average molecular weight is 686 g/mol. The third-order valence-electron chi connectivity index (χ3n) is 11.0. The van der Waals surface area contributed by atoms with Gasteiger partial charge in [0.2, 0.25) is 5.69 Å². The van der Waals surface area contributed by atoms with Gasteiger partial charge in [0.05, 0.1) is 40.1 Å². The van der Waals surface area contributed by atoms with Gasteiger partial charge in [-0.05, 0) is 56.9 Å². The smallest absolute Gasteiger partial charge is 0.220 e. The van der Waals surface area contributed by atoms with E-state index in [0.717, 1.165) is 82.3 Å². The summed E-state index contributed by atoms with van der Waals surface area (Å²) in [6, 6.07) is 56.6. The van der Waals surface area contributed by atoms with Crippen LogP contribution in [-0.4, -0.2) is 14.1 Å². The van der Waals surface area contributed by atoms with Gasteiger partial charge in [0, 0.05) is 38.9 Å². The highest BCUT2D eigenvalue weighted by atomic mass is 15.1. The summed E-state index contributed by atoms with van der Waals surface area (Å²) in [7, 11) is 0. The monoisotopic (exact) mass is 685 g/mol. The zero-order chi connectivity index (χ0) is 35.9. The Morgan fingerprint density at radius 1 is 0.481 bits per heavy atom. The molecule has 0 amide bonds. The fourth-order valence-electron chi connectivity index (χ4n) is 8.90. The molecule has 11 aromatic rings. The molecule has 0 aliphatic carbocycles. The summed E-state index contributed by atoms with van der Waals surface area (Å²) in [5.41, 5.74) is 9.01. The molecule has 5 nitrogen and oxygen atoms in total. The first-order chi connectivity index (χ1) is 26.8. The van der Waals surface area contributed by atoms with E-state index in [0.29, 0.717) is 22.5 Å². The lowest BCUT2D eigenvalue weighted by atomic mass is 9.88. The first-order valence-electron chi connectivity index (χ1n) is 17.9. The number of rotatable bonds is 4. The van der Waals surface area contributed by atoms with Gasteiger partial charge < -0.3 is 9.13 Å². The molecule has 8 aromatic carbocycles. The van der Waals surface area contributed by atoms with E-state index in [1.807, 2.05) is 66.9 Å². The Bertz CT molecular complexity index is 3250. The van der Waals surface area contributed by atoms with Crippen molar-refractivity contribution < 1.29 is 0 Å². The van der Waals surface area contributed by atoms with Crippen LogP contribution in [0.1, 0.15) is 5.56 Å². The van der Waals surface area contributed by atoms with E-state index in [4.69, 9.17) is 11.6 Å². The SMILES string of the molecule is [C-]#[N+]c1c(-c2ccccc2)c(C#N)c(-n2c3ccccc3c3ccccc32)c(-c2ccccc2)c1-n1c2cccc3c4ccccc4c4ccnc1c4c32. The molecule has 248 valence electrons. The summed E-state index contributed by atoms with van der Waals surface area (Å²) in [6.45, 7) is 9.01. The molecule has 5 heteroatoms. The average Bonchev–Trinajstić information content (AvgIpc) is 3.76. The quantitative estimate of drug-likeness (QED) is 0.137. The molecule has 0 fully saturated rings. The van der Waals surface area contributed by atoms with Gasteiger partial charge in [-0.2, -0.15) is 5.26 Å². The molecule has 0 saturated carbocycles. The fraction of sp³-hybridized carbons (Fsp3) is 0. The zero-order valence-corrected chi connectivity index (χ0v) is 28.8. The molecular weight excluding hydrogens is 659 g/mol. The van der Waals surface area contributed by atoms with Crippen molar-refractivity contribution in [1.82, 2.24) is 14.1 Å². The Kier molecular flexibility index (Phi) is 6.32. The number of aromatic nitrogens is 3. The molecule has 3 aromatic heterocycles. The third-order valence-corrected chi connectivity index (χ3v) is 11.0. The summed E-state index contributed by atoms with van der Waals surface area (Å²) >= 11 is 0. The van der Waals surface area contributed by atoms with Crippen molar-refractivity contribution in [3.8, 4) is 39.7 Å². The topological polar surface area (TPSA) is 50.9 Å². The predicted octanol–water partition coefficient (Wildman–Crippen LogP) is 12.8. The van der Waals surface area contributed by atoms with E-state index in [-0.39, 0.29) is 0 Å². The number of hydrogen-bond donors (Lipinski definition) is 0. The normalized spacial score (nSPS) is 11.7. The van der Waals surface area contributed by atoms with Gasteiger partial charge in [0.1, 0.15) is 11.7 Å². The maximum Gasteiger partial charge on any atom is 0.220 e. The Morgan fingerprint density at radius 3 is 1.61 bits per heavy atom. The lowest BCUT2D eigenvalue weighted by Crippen LogP contribution is -2.09. The van der Waals surface area contributed by atoms with E-state index in [2.05, 4.69) is 117 Å². The Hall–Kier alpha value is -7.73. The van der Waals surface area contributed by atoms with Crippen LogP contribution in [0.4, 0.5) is 5.69 Å². The minimum absolute atomic E-state index is 0.397. The van der Waals surface area contributed by atoms with Crippen LogP contribution in [0.2, 0.25) is 0 Å². The van der Waals surface area contributed by atoms with E-state index < -0.39 is 0 Å². The molecule has 0 aliphatic rings. The second-order valence-electron chi connectivity index (χ2n) is 13.6. The van der Waals surface area contributed by atoms with Gasteiger partial charge >= 0.3 is 0 Å². The number of pyridine rings is 1. The number of benzene rings is 8. The number of nitriles is 1. The van der Waals surface area contributed by atoms with Crippen molar-refractivity contribution in [1.29, 1.82) is 5.26 Å². The number of para-hydroxylation sites is 2. The number of nitrogens with zero attached hydrogens (tertiary/aromatic N) is 5. The molecule has 0 aliphatic heterocycles. The van der Waals surface area contributed by atoms with Crippen LogP contribution >= 0.6 is 0 Å². The summed E-state index contributed by atoms with van der Waals surface area (Å²) in [6.07, 6.45) is 1.88. The van der Waals surface area contributed by atoms with Crippen LogP contribution in [-0.2, 0) is 0 Å².